The predicted octanol–water partition coefficient (Wildman–Crippen LogP) is 5.51. The molecule has 5 nitrogen and oxygen atoms in total. The number of rotatable bonds is 5. The molecule has 4 aliphatic carbocycles. The summed E-state index contributed by atoms with van der Waals surface area (Å²) in [6.45, 7) is 4.87. The van der Waals surface area contributed by atoms with Crippen LogP contribution < -0.4 is 0 Å². The van der Waals surface area contributed by atoms with Gasteiger partial charge in [0.2, 0.25) is 0 Å². The third kappa shape index (κ3) is 4.16. The van der Waals surface area contributed by atoms with Crippen molar-refractivity contribution < 1.29 is 27.8 Å². The van der Waals surface area contributed by atoms with Crippen LogP contribution in [0, 0.1) is 40.4 Å². The normalized spacial score (nSPS) is 43.3. The summed E-state index contributed by atoms with van der Waals surface area (Å²) < 4.78 is 45.8. The van der Waals surface area contributed by atoms with E-state index in [0.29, 0.717) is 23.7 Å². The number of aromatic nitrogens is 2. The summed E-state index contributed by atoms with van der Waals surface area (Å²) in [6, 6.07) is 0.937. The minimum atomic E-state index is -4.50. The number of Topliss-reactive ketones (excluding diaryl/α,β-unsaturated/α-hetero) is 1. The monoisotopic (exact) mass is 496 g/mol. The van der Waals surface area contributed by atoms with E-state index in [-0.39, 0.29) is 29.1 Å². The summed E-state index contributed by atoms with van der Waals surface area (Å²) in [7, 11) is 1.79. The molecule has 8 atom stereocenters. The number of carbonyl (C=O) groups is 1. The third-order valence-electron chi connectivity index (χ3n) is 10.7. The lowest BCUT2D eigenvalue weighted by Crippen LogP contribution is -2.58. The number of hydrogen-bond acceptors (Lipinski definition) is 4. The van der Waals surface area contributed by atoms with Crippen LogP contribution in [0.4, 0.5) is 13.2 Å². The number of ketones is 1. The van der Waals surface area contributed by atoms with E-state index in [1.807, 2.05) is 6.92 Å². The van der Waals surface area contributed by atoms with Crippen LogP contribution in [-0.2, 0) is 22.3 Å². The molecule has 8 heteroatoms. The molecule has 4 saturated carbocycles. The first kappa shape index (κ1) is 25.2. The van der Waals surface area contributed by atoms with Crippen LogP contribution in [0.15, 0.2) is 12.3 Å². The molecule has 0 radical (unpaired) electrons. The molecule has 0 aromatic carbocycles. The first-order valence-electron chi connectivity index (χ1n) is 13.2. The minimum absolute atomic E-state index is 0.0132. The summed E-state index contributed by atoms with van der Waals surface area (Å²) in [5, 5.41) is 14.4. The lowest BCUT2D eigenvalue weighted by Gasteiger charge is -2.62. The maximum atomic E-state index is 13.4. The number of alkyl halides is 3. The van der Waals surface area contributed by atoms with Gasteiger partial charge in [-0.05, 0) is 105 Å². The molecule has 0 amide bonds. The Morgan fingerprint density at radius 2 is 1.91 bits per heavy atom. The van der Waals surface area contributed by atoms with Crippen molar-refractivity contribution in [1.29, 1.82) is 0 Å². The molecule has 1 unspecified atom stereocenters. The maximum Gasteiger partial charge on any atom is 0.435 e. The standard InChI is InChI=1S/C27H39F3N2O3/c1-24(34)11-12-26(16-35-3)17(14-24)4-5-18-19-6-7-21(25(19,2)10-8-20(18)26)22(33)15-32-13-9-23(31-32)27(28,29)30/h9,13,17-21,34H,4-8,10-12,14-16H2,1-3H3/t17-,18+,19+,20+,21-,24-,25+,26?/m1/s1. The second-order valence-corrected chi connectivity index (χ2v) is 12.6. The summed E-state index contributed by atoms with van der Waals surface area (Å²) in [5.41, 5.74) is -1.55. The molecule has 1 heterocycles. The molecule has 196 valence electrons. The Kier molecular flexibility index (Phi) is 6.18. The lowest BCUT2D eigenvalue weighted by atomic mass is 9.43. The summed E-state index contributed by atoms with van der Waals surface area (Å²) >= 11 is 0. The van der Waals surface area contributed by atoms with Gasteiger partial charge in [-0.1, -0.05) is 6.92 Å². The van der Waals surface area contributed by atoms with Crippen molar-refractivity contribution in [3.05, 3.63) is 18.0 Å². The van der Waals surface area contributed by atoms with Gasteiger partial charge >= 0.3 is 6.18 Å². The van der Waals surface area contributed by atoms with E-state index in [1.165, 1.54) is 6.20 Å². The second kappa shape index (κ2) is 8.57. The minimum Gasteiger partial charge on any atom is -0.390 e. The zero-order valence-corrected chi connectivity index (χ0v) is 21.1. The molecule has 1 N–H and O–H groups in total. The summed E-state index contributed by atoms with van der Waals surface area (Å²) in [5.74, 6) is 1.90. The Hall–Kier alpha value is -1.41. The fraction of sp³-hybridized carbons (Fsp3) is 0.852. The van der Waals surface area contributed by atoms with Crippen LogP contribution in [0.1, 0.15) is 77.3 Å². The van der Waals surface area contributed by atoms with Crippen molar-refractivity contribution in [2.75, 3.05) is 13.7 Å². The van der Waals surface area contributed by atoms with Crippen LogP contribution in [0.25, 0.3) is 0 Å². The Bertz CT molecular complexity index is 960. The fourth-order valence-corrected chi connectivity index (χ4v) is 9.18. The molecule has 1 aromatic rings. The van der Waals surface area contributed by atoms with E-state index < -0.39 is 17.5 Å². The van der Waals surface area contributed by atoms with E-state index in [1.54, 1.807) is 7.11 Å². The van der Waals surface area contributed by atoms with Gasteiger partial charge in [0.25, 0.3) is 0 Å². The number of ether oxygens (including phenoxy) is 1. The Balaban J connectivity index is 1.34. The number of hydrogen-bond donors (Lipinski definition) is 1. The van der Waals surface area contributed by atoms with Crippen molar-refractivity contribution in [3.8, 4) is 0 Å². The van der Waals surface area contributed by atoms with Crippen molar-refractivity contribution in [2.24, 2.45) is 40.4 Å². The van der Waals surface area contributed by atoms with Gasteiger partial charge in [0, 0.05) is 19.2 Å². The maximum absolute atomic E-state index is 13.4. The third-order valence-corrected chi connectivity index (χ3v) is 10.7. The zero-order valence-electron chi connectivity index (χ0n) is 21.1. The predicted molar refractivity (Wildman–Crippen MR) is 124 cm³/mol. The highest BCUT2D eigenvalue weighted by molar-refractivity contribution is 5.82. The number of nitrogens with zero attached hydrogens (tertiary/aromatic N) is 2. The van der Waals surface area contributed by atoms with Crippen molar-refractivity contribution in [1.82, 2.24) is 9.78 Å². The fourth-order valence-electron chi connectivity index (χ4n) is 9.18. The highest BCUT2D eigenvalue weighted by atomic mass is 19.4. The van der Waals surface area contributed by atoms with Crippen LogP contribution in [0.3, 0.4) is 0 Å². The van der Waals surface area contributed by atoms with E-state index in [4.69, 9.17) is 4.74 Å². The molecule has 35 heavy (non-hydrogen) atoms. The van der Waals surface area contributed by atoms with E-state index in [0.717, 1.165) is 75.1 Å². The van der Waals surface area contributed by atoms with E-state index in [9.17, 15) is 23.1 Å². The van der Waals surface area contributed by atoms with Crippen molar-refractivity contribution in [2.45, 2.75) is 90.0 Å². The Morgan fingerprint density at radius 3 is 2.60 bits per heavy atom. The molecule has 4 fully saturated rings. The van der Waals surface area contributed by atoms with Gasteiger partial charge in [-0.3, -0.25) is 9.48 Å². The summed E-state index contributed by atoms with van der Waals surface area (Å²) in [4.78, 5) is 13.4. The molecular weight excluding hydrogens is 457 g/mol. The van der Waals surface area contributed by atoms with Gasteiger partial charge < -0.3 is 9.84 Å². The smallest absolute Gasteiger partial charge is 0.390 e. The SMILES string of the molecule is COCC12CC[C@@](C)(O)C[C@H]1CC[C@@H]1[C@@H]2CC[C@]2(C)[C@@H](C(=O)Cn3ccc(C(F)(F)F)n3)CC[C@@H]12. The molecular formula is C27H39F3N2O3. The highest BCUT2D eigenvalue weighted by Gasteiger charge is 2.63. The van der Waals surface area contributed by atoms with E-state index in [2.05, 4.69) is 12.0 Å². The Morgan fingerprint density at radius 1 is 1.14 bits per heavy atom. The van der Waals surface area contributed by atoms with Gasteiger partial charge in [-0.25, -0.2) is 0 Å². The first-order valence-corrected chi connectivity index (χ1v) is 13.2. The van der Waals surface area contributed by atoms with Gasteiger partial charge in [-0.15, -0.1) is 0 Å². The molecule has 0 aliphatic heterocycles. The van der Waals surface area contributed by atoms with E-state index >= 15 is 0 Å². The quantitative estimate of drug-likeness (QED) is 0.584. The van der Waals surface area contributed by atoms with Gasteiger partial charge in [-0.2, -0.15) is 18.3 Å². The lowest BCUT2D eigenvalue weighted by molar-refractivity contribution is -0.175. The topological polar surface area (TPSA) is 64.3 Å². The zero-order chi connectivity index (χ0) is 25.2. The molecule has 0 saturated heterocycles. The number of aliphatic hydroxyl groups is 1. The number of fused-ring (bicyclic) bond motifs is 5. The second-order valence-electron chi connectivity index (χ2n) is 12.6. The van der Waals surface area contributed by atoms with Crippen LogP contribution in [0.5, 0.6) is 0 Å². The first-order chi connectivity index (χ1) is 16.4. The molecule has 1 aromatic heterocycles. The summed E-state index contributed by atoms with van der Waals surface area (Å²) in [6.07, 6.45) is 5.48. The number of methoxy groups -OCH3 is 1. The number of carbonyl (C=O) groups excluding carboxylic acids is 1. The average molecular weight is 497 g/mol. The van der Waals surface area contributed by atoms with Gasteiger partial charge in [0.15, 0.2) is 11.5 Å². The molecule has 4 aliphatic rings. The van der Waals surface area contributed by atoms with Crippen molar-refractivity contribution in [3.63, 3.8) is 0 Å². The van der Waals surface area contributed by atoms with Crippen LogP contribution >= 0.6 is 0 Å². The molecule has 0 spiro atoms. The van der Waals surface area contributed by atoms with Crippen molar-refractivity contribution >= 4 is 5.78 Å². The molecule has 5 rings (SSSR count). The Labute approximate surface area is 205 Å². The van der Waals surface area contributed by atoms with Gasteiger partial charge in [0.05, 0.1) is 18.8 Å². The molecule has 0 bridgehead atoms. The van der Waals surface area contributed by atoms with Gasteiger partial charge in [0.1, 0.15) is 0 Å². The van der Waals surface area contributed by atoms with Crippen LogP contribution in [0.2, 0.25) is 0 Å². The highest BCUT2D eigenvalue weighted by Crippen LogP contribution is 2.68. The average Bonchev–Trinajstić information content (AvgIpc) is 3.38. The number of halogens is 3. The van der Waals surface area contributed by atoms with Crippen LogP contribution in [-0.4, -0.2) is 40.0 Å². The largest absolute Gasteiger partial charge is 0.435 e.